The fourth-order valence-electron chi connectivity index (χ4n) is 2.32. The van der Waals surface area contributed by atoms with Crippen molar-refractivity contribution in [2.24, 2.45) is 0 Å². The van der Waals surface area contributed by atoms with Crippen LogP contribution in [-0.2, 0) is 26.0 Å². The lowest BCUT2D eigenvalue weighted by Crippen LogP contribution is -2.40. The van der Waals surface area contributed by atoms with Crippen molar-refractivity contribution >= 4 is 15.8 Å². The Balaban J connectivity index is 2.14. The molecule has 0 saturated carbocycles. The summed E-state index contributed by atoms with van der Waals surface area (Å²) >= 11 is 0. The molecule has 6 nitrogen and oxygen atoms in total. The second kappa shape index (κ2) is 8.29. The first-order valence-corrected chi connectivity index (χ1v) is 9.27. The van der Waals surface area contributed by atoms with Gasteiger partial charge in [0.15, 0.2) is 15.1 Å². The van der Waals surface area contributed by atoms with Gasteiger partial charge in [-0.25, -0.2) is 12.8 Å². The van der Waals surface area contributed by atoms with Crippen molar-refractivity contribution < 1.29 is 32.2 Å². The van der Waals surface area contributed by atoms with Gasteiger partial charge in [-0.3, -0.25) is 4.79 Å². The fourth-order valence-corrected chi connectivity index (χ4v) is 4.00. The van der Waals surface area contributed by atoms with E-state index in [1.807, 2.05) is 0 Å². The lowest BCUT2D eigenvalue weighted by molar-refractivity contribution is -0.141. The van der Waals surface area contributed by atoms with Crippen LogP contribution in [0.3, 0.4) is 0 Å². The zero-order valence-electron chi connectivity index (χ0n) is 14.3. The van der Waals surface area contributed by atoms with Gasteiger partial charge in [0.05, 0.1) is 18.1 Å². The largest absolute Gasteiger partial charge is 0.489 e. The topological polar surface area (TPSA) is 89.9 Å². The van der Waals surface area contributed by atoms with Gasteiger partial charge >= 0.3 is 5.97 Å². The van der Waals surface area contributed by atoms with E-state index in [-0.39, 0.29) is 17.3 Å². The van der Waals surface area contributed by atoms with Crippen LogP contribution in [0.2, 0.25) is 0 Å². The summed E-state index contributed by atoms with van der Waals surface area (Å²) < 4.78 is 48.0. The molecule has 0 unspecified atom stereocenters. The third kappa shape index (κ3) is 4.59. The Morgan fingerprint density at radius 1 is 1.12 bits per heavy atom. The Labute approximate surface area is 151 Å². The summed E-state index contributed by atoms with van der Waals surface area (Å²) in [6.45, 7) is 1.39. The second-order valence-electron chi connectivity index (χ2n) is 5.62. The maximum Gasteiger partial charge on any atom is 0.327 e. The average molecular weight is 382 g/mol. The zero-order valence-corrected chi connectivity index (χ0v) is 15.1. The minimum atomic E-state index is -4.12. The maximum absolute atomic E-state index is 12.9. The first-order valence-electron chi connectivity index (χ1n) is 7.73. The van der Waals surface area contributed by atoms with E-state index in [1.54, 1.807) is 12.1 Å². The molecule has 0 heterocycles. The van der Waals surface area contributed by atoms with Crippen molar-refractivity contribution in [2.45, 2.75) is 29.8 Å². The molecule has 2 atom stereocenters. The minimum Gasteiger partial charge on any atom is -0.489 e. The predicted molar refractivity (Wildman–Crippen MR) is 91.8 cm³/mol. The lowest BCUT2D eigenvalue weighted by atomic mass is 10.2. The molecule has 0 aliphatic heterocycles. The summed E-state index contributed by atoms with van der Waals surface area (Å²) in [4.78, 5) is 11.6. The summed E-state index contributed by atoms with van der Waals surface area (Å²) in [5.74, 6) is -0.974. The highest BCUT2D eigenvalue weighted by Gasteiger charge is 2.38. The highest BCUT2D eigenvalue weighted by Crippen LogP contribution is 2.23. The molecule has 0 fully saturated rings. The quantitative estimate of drug-likeness (QED) is 0.738. The Morgan fingerprint density at radius 3 is 2.19 bits per heavy atom. The van der Waals surface area contributed by atoms with Gasteiger partial charge in [-0.2, -0.15) is 0 Å². The van der Waals surface area contributed by atoms with Crippen LogP contribution in [0.15, 0.2) is 53.4 Å². The highest BCUT2D eigenvalue weighted by molar-refractivity contribution is 7.92. The van der Waals surface area contributed by atoms with Gasteiger partial charge in [-0.05, 0) is 48.9 Å². The normalized spacial score (nSPS) is 13.7. The molecular weight excluding hydrogens is 363 g/mol. The number of sulfone groups is 1. The molecule has 8 heteroatoms. The molecule has 0 radical (unpaired) electrons. The van der Waals surface area contributed by atoms with E-state index in [4.69, 9.17) is 4.74 Å². The number of benzene rings is 2. The van der Waals surface area contributed by atoms with Gasteiger partial charge in [0, 0.05) is 0 Å². The van der Waals surface area contributed by atoms with E-state index < -0.39 is 27.2 Å². The maximum atomic E-state index is 12.9. The first-order chi connectivity index (χ1) is 12.3. The van der Waals surface area contributed by atoms with Crippen molar-refractivity contribution in [1.82, 2.24) is 0 Å². The van der Waals surface area contributed by atoms with Gasteiger partial charge in [-0.15, -0.1) is 0 Å². The van der Waals surface area contributed by atoms with Crippen molar-refractivity contribution in [3.05, 3.63) is 59.9 Å². The molecule has 0 aliphatic rings. The van der Waals surface area contributed by atoms with Gasteiger partial charge in [-0.1, -0.05) is 12.1 Å². The molecule has 2 aromatic carbocycles. The molecule has 0 bridgehead atoms. The van der Waals surface area contributed by atoms with Crippen molar-refractivity contribution in [2.75, 3.05) is 7.11 Å². The van der Waals surface area contributed by atoms with Crippen LogP contribution >= 0.6 is 0 Å². The van der Waals surface area contributed by atoms with Gasteiger partial charge < -0.3 is 14.6 Å². The van der Waals surface area contributed by atoms with Crippen LogP contribution in [0, 0.1) is 5.82 Å². The van der Waals surface area contributed by atoms with Crippen LogP contribution in [0.4, 0.5) is 4.39 Å². The standard InChI is InChI=1S/C18H19FO6S/c1-12(20)17(18(21)24-2)26(22,23)16-9-7-15(8-10-16)25-11-13-3-5-14(19)6-4-13/h3-10,12,17,20H,11H2,1-2H3/t12-,17+/m0/s1. The molecular formula is C18H19FO6S. The van der Waals surface area contributed by atoms with E-state index in [1.165, 1.54) is 43.3 Å². The summed E-state index contributed by atoms with van der Waals surface area (Å²) in [6.07, 6.45) is -1.43. The molecule has 1 N–H and O–H groups in total. The molecule has 2 aromatic rings. The number of hydrogen-bond donors (Lipinski definition) is 1. The highest BCUT2D eigenvalue weighted by atomic mass is 32.2. The van der Waals surface area contributed by atoms with Crippen molar-refractivity contribution in [3.63, 3.8) is 0 Å². The third-order valence-corrected chi connectivity index (χ3v) is 5.86. The van der Waals surface area contributed by atoms with Crippen LogP contribution in [0.1, 0.15) is 12.5 Å². The van der Waals surface area contributed by atoms with Gasteiger partial charge in [0.1, 0.15) is 18.2 Å². The first kappa shape index (κ1) is 19.9. The Hall–Kier alpha value is -2.45. The predicted octanol–water partition coefficient (Wildman–Crippen LogP) is 2.10. The van der Waals surface area contributed by atoms with E-state index in [0.717, 1.165) is 12.7 Å². The zero-order chi connectivity index (χ0) is 19.3. The second-order valence-corrected chi connectivity index (χ2v) is 7.69. The van der Waals surface area contributed by atoms with E-state index >= 15 is 0 Å². The molecule has 140 valence electrons. The molecule has 0 spiro atoms. The summed E-state index contributed by atoms with van der Waals surface area (Å²) in [5.41, 5.74) is 0.753. The summed E-state index contributed by atoms with van der Waals surface area (Å²) in [5, 5.41) is 7.95. The Kier molecular flexibility index (Phi) is 6.33. The molecule has 26 heavy (non-hydrogen) atoms. The van der Waals surface area contributed by atoms with Crippen molar-refractivity contribution in [1.29, 1.82) is 0 Å². The molecule has 0 amide bonds. The number of methoxy groups -OCH3 is 1. The molecule has 0 aliphatic carbocycles. The third-order valence-electron chi connectivity index (χ3n) is 3.68. The monoisotopic (exact) mass is 382 g/mol. The Bertz CT molecular complexity index is 844. The number of aliphatic hydroxyl groups is 1. The number of hydrogen-bond acceptors (Lipinski definition) is 6. The number of rotatable bonds is 7. The molecule has 2 rings (SSSR count). The van der Waals surface area contributed by atoms with Crippen molar-refractivity contribution in [3.8, 4) is 5.75 Å². The number of carbonyl (C=O) groups excluding carboxylic acids is 1. The van der Waals surface area contributed by atoms with Crippen LogP contribution in [0.5, 0.6) is 5.75 Å². The number of halogens is 1. The number of esters is 1. The molecule has 0 saturated heterocycles. The average Bonchev–Trinajstić information content (AvgIpc) is 2.61. The number of aliphatic hydroxyl groups excluding tert-OH is 1. The fraction of sp³-hybridized carbons (Fsp3) is 0.278. The van der Waals surface area contributed by atoms with Crippen LogP contribution in [-0.4, -0.2) is 38.0 Å². The summed E-state index contributed by atoms with van der Waals surface area (Å²) in [6, 6.07) is 11.2. The minimum absolute atomic E-state index is 0.136. The van der Waals surface area contributed by atoms with E-state index in [0.29, 0.717) is 5.75 Å². The lowest BCUT2D eigenvalue weighted by Gasteiger charge is -2.18. The smallest absolute Gasteiger partial charge is 0.327 e. The van der Waals surface area contributed by atoms with Gasteiger partial charge in [0.25, 0.3) is 0 Å². The SMILES string of the molecule is COC(=O)[C@@H]([C@H](C)O)S(=O)(=O)c1ccc(OCc2ccc(F)cc2)cc1. The van der Waals surface area contributed by atoms with Crippen LogP contribution in [0.25, 0.3) is 0 Å². The summed E-state index contributed by atoms with van der Waals surface area (Å²) in [7, 11) is -3.07. The molecule has 0 aromatic heterocycles. The number of ether oxygens (including phenoxy) is 2. The van der Waals surface area contributed by atoms with E-state index in [2.05, 4.69) is 4.74 Å². The van der Waals surface area contributed by atoms with Crippen LogP contribution < -0.4 is 4.74 Å². The number of carbonyl (C=O) groups is 1. The Morgan fingerprint density at radius 2 is 1.69 bits per heavy atom. The van der Waals surface area contributed by atoms with Gasteiger partial charge in [0.2, 0.25) is 0 Å². The van der Waals surface area contributed by atoms with E-state index in [9.17, 15) is 22.7 Å².